The minimum atomic E-state index is -3.76. The number of carbonyl (C=O) groups is 1. The van der Waals surface area contributed by atoms with E-state index in [0.29, 0.717) is 27.8 Å². The second kappa shape index (κ2) is 10.1. The van der Waals surface area contributed by atoms with Gasteiger partial charge >= 0.3 is 0 Å². The van der Waals surface area contributed by atoms with Crippen LogP contribution in [0.2, 0.25) is 5.02 Å². The van der Waals surface area contributed by atoms with Gasteiger partial charge in [0.1, 0.15) is 11.5 Å². The molecule has 3 aromatic carbocycles. The van der Waals surface area contributed by atoms with E-state index >= 15 is 0 Å². The number of benzene rings is 3. The quantitative estimate of drug-likeness (QED) is 0.498. The van der Waals surface area contributed by atoms with E-state index in [0.717, 1.165) is 9.87 Å². The zero-order valence-corrected chi connectivity index (χ0v) is 20.3. The fraction of sp³-hybridized carbons (Fsp3) is 0.208. The molecule has 0 aliphatic heterocycles. The lowest BCUT2D eigenvalue weighted by atomic mass is 10.1. The second-order valence-electron chi connectivity index (χ2n) is 7.28. The predicted molar refractivity (Wildman–Crippen MR) is 129 cm³/mol. The highest BCUT2D eigenvalue weighted by atomic mass is 35.5. The van der Waals surface area contributed by atoms with Crippen LogP contribution in [0.1, 0.15) is 28.9 Å². The fourth-order valence-corrected chi connectivity index (χ4v) is 4.58. The molecule has 9 heteroatoms. The Morgan fingerprint density at radius 1 is 0.970 bits per heavy atom. The highest BCUT2D eigenvalue weighted by molar-refractivity contribution is 7.92. The lowest BCUT2D eigenvalue weighted by Gasteiger charge is -2.20. The molecule has 7 nitrogen and oxygen atoms in total. The van der Waals surface area contributed by atoms with Crippen molar-refractivity contribution in [2.75, 3.05) is 25.6 Å². The van der Waals surface area contributed by atoms with Crippen molar-refractivity contribution < 1.29 is 22.7 Å². The number of nitrogens with one attached hydrogen (secondary N) is 1. The summed E-state index contributed by atoms with van der Waals surface area (Å²) in [5, 5.41) is 3.38. The summed E-state index contributed by atoms with van der Waals surface area (Å²) in [7, 11) is 0.824. The summed E-state index contributed by atoms with van der Waals surface area (Å²) in [5.41, 5.74) is 1.59. The first-order chi connectivity index (χ1) is 15.7. The molecule has 0 fully saturated rings. The molecule has 0 saturated carbocycles. The zero-order chi connectivity index (χ0) is 24.2. The van der Waals surface area contributed by atoms with E-state index in [1.807, 2.05) is 13.0 Å². The van der Waals surface area contributed by atoms with E-state index in [1.54, 1.807) is 50.6 Å². The van der Waals surface area contributed by atoms with Crippen molar-refractivity contribution in [1.29, 1.82) is 0 Å². The van der Waals surface area contributed by atoms with Gasteiger partial charge in [-0.2, -0.15) is 0 Å². The van der Waals surface area contributed by atoms with Crippen molar-refractivity contribution in [3.8, 4) is 11.5 Å². The first kappa shape index (κ1) is 24.4. The first-order valence-corrected chi connectivity index (χ1v) is 11.9. The Morgan fingerprint density at radius 2 is 1.61 bits per heavy atom. The summed E-state index contributed by atoms with van der Waals surface area (Å²) in [5.74, 6) is 0.983. The molecule has 0 aliphatic carbocycles. The number of nitrogens with zero attached hydrogens (tertiary/aromatic N) is 1. The van der Waals surface area contributed by atoms with E-state index < -0.39 is 10.0 Å². The molecule has 0 aromatic heterocycles. The van der Waals surface area contributed by atoms with Gasteiger partial charge in [-0.3, -0.25) is 9.10 Å². The van der Waals surface area contributed by atoms with E-state index in [4.69, 9.17) is 21.1 Å². The number of halogens is 1. The maximum atomic E-state index is 12.9. The SMILES string of the molecule is COc1ccc(OC)c([C@H](C)NC(=O)c2ccc(N(C)S(=O)(=O)c3ccc(Cl)cc3)cc2)c1. The number of anilines is 1. The predicted octanol–water partition coefficient (Wildman–Crippen LogP) is 4.67. The number of hydrogen-bond acceptors (Lipinski definition) is 5. The van der Waals surface area contributed by atoms with Gasteiger partial charge in [0.15, 0.2) is 0 Å². The van der Waals surface area contributed by atoms with Gasteiger partial charge in [0.2, 0.25) is 0 Å². The van der Waals surface area contributed by atoms with Gasteiger partial charge in [-0.25, -0.2) is 8.42 Å². The van der Waals surface area contributed by atoms with Gasteiger partial charge in [-0.15, -0.1) is 0 Å². The molecule has 0 aliphatic rings. The fourth-order valence-electron chi connectivity index (χ4n) is 3.26. The molecule has 33 heavy (non-hydrogen) atoms. The summed E-state index contributed by atoms with van der Waals surface area (Å²) in [6, 6.07) is 17.3. The largest absolute Gasteiger partial charge is 0.497 e. The Morgan fingerprint density at radius 3 is 2.18 bits per heavy atom. The maximum absolute atomic E-state index is 12.9. The number of amides is 1. The summed E-state index contributed by atoms with van der Waals surface area (Å²) in [6.45, 7) is 1.84. The van der Waals surface area contributed by atoms with E-state index in [9.17, 15) is 13.2 Å². The smallest absolute Gasteiger partial charge is 0.264 e. The Balaban J connectivity index is 1.76. The molecular weight excluding hydrogens is 464 g/mol. The van der Waals surface area contributed by atoms with Crippen LogP contribution in [0.25, 0.3) is 0 Å². The van der Waals surface area contributed by atoms with Crippen molar-refractivity contribution in [1.82, 2.24) is 5.32 Å². The van der Waals surface area contributed by atoms with Crippen molar-refractivity contribution in [3.63, 3.8) is 0 Å². The summed E-state index contributed by atoms with van der Waals surface area (Å²) in [4.78, 5) is 12.9. The zero-order valence-electron chi connectivity index (χ0n) is 18.7. The standard InChI is InChI=1S/C24H25ClN2O5S/c1-16(22-15-20(31-3)11-14-23(22)32-4)26-24(28)17-5-9-19(10-6-17)27(2)33(29,30)21-12-7-18(25)8-13-21/h5-16H,1-4H3,(H,26,28)/t16-/m0/s1. The monoisotopic (exact) mass is 488 g/mol. The van der Waals surface area contributed by atoms with E-state index in [2.05, 4.69) is 5.32 Å². The van der Waals surface area contributed by atoms with Gasteiger partial charge in [0.25, 0.3) is 15.9 Å². The molecule has 1 atom stereocenters. The second-order valence-corrected chi connectivity index (χ2v) is 9.68. The number of sulfonamides is 1. The lowest BCUT2D eigenvalue weighted by Crippen LogP contribution is -2.28. The Kier molecular flexibility index (Phi) is 7.50. The molecule has 174 valence electrons. The third-order valence-corrected chi connectivity index (χ3v) is 7.27. The molecule has 3 aromatic rings. The average molecular weight is 489 g/mol. The molecular formula is C24H25ClN2O5S. The Hall–Kier alpha value is -3.23. The van der Waals surface area contributed by atoms with Crippen LogP contribution in [0.15, 0.2) is 71.6 Å². The minimum absolute atomic E-state index is 0.122. The van der Waals surface area contributed by atoms with E-state index in [-0.39, 0.29) is 16.8 Å². The average Bonchev–Trinajstić information content (AvgIpc) is 2.83. The number of ether oxygens (including phenoxy) is 2. The van der Waals surface area contributed by atoms with Crippen molar-refractivity contribution in [2.45, 2.75) is 17.9 Å². The third kappa shape index (κ3) is 5.40. The van der Waals surface area contributed by atoms with Crippen LogP contribution in [-0.2, 0) is 10.0 Å². The van der Waals surface area contributed by atoms with Crippen LogP contribution < -0.4 is 19.1 Å². The minimum Gasteiger partial charge on any atom is -0.497 e. The van der Waals surface area contributed by atoms with Crippen molar-refractivity contribution in [3.05, 3.63) is 82.9 Å². The van der Waals surface area contributed by atoms with Crippen LogP contribution in [0.4, 0.5) is 5.69 Å². The van der Waals surface area contributed by atoms with Crippen molar-refractivity contribution >= 4 is 33.2 Å². The molecule has 1 amide bonds. The van der Waals surface area contributed by atoms with Crippen LogP contribution in [0.5, 0.6) is 11.5 Å². The van der Waals surface area contributed by atoms with Crippen LogP contribution >= 0.6 is 11.6 Å². The molecule has 1 N–H and O–H groups in total. The Labute approximate surface area is 198 Å². The van der Waals surface area contributed by atoms with Crippen LogP contribution in [0, 0.1) is 0 Å². The molecule has 3 rings (SSSR count). The van der Waals surface area contributed by atoms with Gasteiger partial charge in [-0.1, -0.05) is 11.6 Å². The topological polar surface area (TPSA) is 84.9 Å². The van der Waals surface area contributed by atoms with Crippen LogP contribution in [0.3, 0.4) is 0 Å². The van der Waals surface area contributed by atoms with E-state index in [1.165, 1.54) is 31.3 Å². The maximum Gasteiger partial charge on any atom is 0.264 e. The third-order valence-electron chi connectivity index (χ3n) is 5.22. The Bertz CT molecular complexity index is 1230. The normalized spacial score (nSPS) is 12.0. The number of rotatable bonds is 8. The highest BCUT2D eigenvalue weighted by Crippen LogP contribution is 2.29. The molecule has 0 unspecified atom stereocenters. The molecule has 0 bridgehead atoms. The number of methoxy groups -OCH3 is 2. The molecule has 0 heterocycles. The van der Waals surface area contributed by atoms with Crippen molar-refractivity contribution in [2.24, 2.45) is 0 Å². The number of hydrogen-bond donors (Lipinski definition) is 1. The van der Waals surface area contributed by atoms with Gasteiger partial charge in [-0.05, 0) is 73.7 Å². The first-order valence-electron chi connectivity index (χ1n) is 10.0. The highest BCUT2D eigenvalue weighted by Gasteiger charge is 2.22. The molecule has 0 spiro atoms. The van der Waals surface area contributed by atoms with Gasteiger partial charge in [0.05, 0.1) is 30.8 Å². The summed E-state index contributed by atoms with van der Waals surface area (Å²) >= 11 is 5.85. The summed E-state index contributed by atoms with van der Waals surface area (Å²) < 4.78 is 37.5. The van der Waals surface area contributed by atoms with Gasteiger partial charge in [0, 0.05) is 23.2 Å². The lowest BCUT2D eigenvalue weighted by molar-refractivity contribution is 0.0939. The molecule has 0 saturated heterocycles. The number of carbonyl (C=O) groups excluding carboxylic acids is 1. The van der Waals surface area contributed by atoms with Crippen LogP contribution in [-0.4, -0.2) is 35.6 Å². The summed E-state index contributed by atoms with van der Waals surface area (Å²) in [6.07, 6.45) is 0. The van der Waals surface area contributed by atoms with Gasteiger partial charge < -0.3 is 14.8 Å². The molecule has 0 radical (unpaired) electrons.